The zero-order valence-corrected chi connectivity index (χ0v) is 14.5. The second-order valence-corrected chi connectivity index (χ2v) is 6.83. The lowest BCUT2D eigenvalue weighted by atomic mass is 10.3. The molecule has 0 radical (unpaired) electrons. The lowest BCUT2D eigenvalue weighted by Crippen LogP contribution is -2.41. The summed E-state index contributed by atoms with van der Waals surface area (Å²) in [5.74, 6) is 0. The van der Waals surface area contributed by atoms with Crippen molar-refractivity contribution in [2.75, 3.05) is 26.8 Å². The smallest absolute Gasteiger partial charge is 0.317 e. The minimum absolute atomic E-state index is 0.0543. The minimum atomic E-state index is -0.0543. The van der Waals surface area contributed by atoms with Gasteiger partial charge in [0.05, 0.1) is 18.2 Å². The van der Waals surface area contributed by atoms with E-state index in [-0.39, 0.29) is 6.03 Å². The van der Waals surface area contributed by atoms with Gasteiger partial charge in [0.2, 0.25) is 0 Å². The number of rotatable bonds is 8. The van der Waals surface area contributed by atoms with E-state index < -0.39 is 0 Å². The van der Waals surface area contributed by atoms with E-state index in [1.54, 1.807) is 40.9 Å². The molecule has 0 atom stereocenters. The van der Waals surface area contributed by atoms with Crippen LogP contribution in [-0.4, -0.2) is 42.7 Å². The van der Waals surface area contributed by atoms with E-state index in [9.17, 15) is 4.79 Å². The topological polar surface area (TPSA) is 54.5 Å². The Balaban J connectivity index is 1.86. The Morgan fingerprint density at radius 1 is 1.41 bits per heavy atom. The first kappa shape index (κ1) is 16.9. The van der Waals surface area contributed by atoms with Gasteiger partial charge >= 0.3 is 6.03 Å². The molecule has 0 spiro atoms. The van der Waals surface area contributed by atoms with Crippen LogP contribution < -0.4 is 5.32 Å². The van der Waals surface area contributed by atoms with Crippen LogP contribution in [0.3, 0.4) is 0 Å². The number of carbonyl (C=O) groups is 1. The highest BCUT2D eigenvalue weighted by Gasteiger charge is 2.15. The third-order valence-corrected chi connectivity index (χ3v) is 5.10. The summed E-state index contributed by atoms with van der Waals surface area (Å²) in [4.78, 5) is 19.6. The number of nitrogens with one attached hydrogen (secondary N) is 1. The Labute approximate surface area is 138 Å². The van der Waals surface area contributed by atoms with Gasteiger partial charge in [0.1, 0.15) is 0 Å². The molecule has 22 heavy (non-hydrogen) atoms. The van der Waals surface area contributed by atoms with E-state index in [1.807, 2.05) is 5.38 Å². The van der Waals surface area contributed by atoms with Crippen molar-refractivity contribution in [2.45, 2.75) is 19.9 Å². The van der Waals surface area contributed by atoms with E-state index in [1.165, 1.54) is 10.4 Å². The van der Waals surface area contributed by atoms with Crippen LogP contribution in [0.25, 0.3) is 0 Å². The molecule has 2 rings (SSSR count). The number of carbonyl (C=O) groups excluding carboxylic acids is 1. The van der Waals surface area contributed by atoms with Crippen molar-refractivity contribution in [1.29, 1.82) is 0 Å². The summed E-state index contributed by atoms with van der Waals surface area (Å²) in [5, 5.41) is 8.01. The van der Waals surface area contributed by atoms with Gasteiger partial charge in [-0.15, -0.1) is 22.7 Å². The average molecular weight is 339 g/mol. The Hall–Kier alpha value is -1.44. The molecule has 2 aromatic heterocycles. The highest BCUT2D eigenvalue weighted by Crippen LogP contribution is 2.17. The summed E-state index contributed by atoms with van der Waals surface area (Å²) in [7, 11) is 1.65. The lowest BCUT2D eigenvalue weighted by Gasteiger charge is -2.22. The normalized spacial score (nSPS) is 10.6. The average Bonchev–Trinajstić information content (AvgIpc) is 3.15. The Morgan fingerprint density at radius 2 is 2.27 bits per heavy atom. The second-order valence-electron chi connectivity index (χ2n) is 4.85. The molecule has 0 bridgehead atoms. The number of ether oxygens (including phenoxy) is 1. The van der Waals surface area contributed by atoms with Gasteiger partial charge in [-0.05, 0) is 23.9 Å². The zero-order valence-electron chi connectivity index (χ0n) is 12.9. The van der Waals surface area contributed by atoms with Gasteiger partial charge in [-0.3, -0.25) is 0 Å². The van der Waals surface area contributed by atoms with Gasteiger partial charge in [-0.25, -0.2) is 9.78 Å². The number of hydrogen-bond donors (Lipinski definition) is 1. The standard InChI is InChI=1S/C15H21N3O2S2/c1-12-4-9-21-13(12)11-18(7-8-20-2)15(19)17-5-3-14-16-6-10-22-14/h4,6,9-10H,3,5,7-8,11H2,1-2H3,(H,17,19). The van der Waals surface area contributed by atoms with E-state index in [0.29, 0.717) is 26.2 Å². The highest BCUT2D eigenvalue weighted by atomic mass is 32.1. The maximum Gasteiger partial charge on any atom is 0.317 e. The number of thiophene rings is 1. The third kappa shape index (κ3) is 5.08. The molecule has 0 saturated carbocycles. The number of aromatic nitrogens is 1. The van der Waals surface area contributed by atoms with Crippen LogP contribution in [0.2, 0.25) is 0 Å². The van der Waals surface area contributed by atoms with Crippen molar-refractivity contribution in [3.8, 4) is 0 Å². The predicted octanol–water partition coefficient (Wildman–Crippen LogP) is 2.91. The molecule has 0 fully saturated rings. The molecule has 0 aliphatic heterocycles. The molecule has 2 heterocycles. The molecule has 0 aliphatic rings. The molecule has 0 unspecified atom stereocenters. The van der Waals surface area contributed by atoms with Crippen molar-refractivity contribution in [1.82, 2.24) is 15.2 Å². The largest absolute Gasteiger partial charge is 0.383 e. The molecule has 7 heteroatoms. The van der Waals surface area contributed by atoms with Crippen LogP contribution >= 0.6 is 22.7 Å². The third-order valence-electron chi connectivity index (χ3n) is 3.25. The Kier molecular flexibility index (Phi) is 6.82. The summed E-state index contributed by atoms with van der Waals surface area (Å²) in [6, 6.07) is 2.02. The Morgan fingerprint density at radius 3 is 2.91 bits per heavy atom. The maximum atomic E-state index is 12.4. The summed E-state index contributed by atoms with van der Waals surface area (Å²) >= 11 is 3.29. The summed E-state index contributed by atoms with van der Waals surface area (Å²) in [6.07, 6.45) is 2.55. The van der Waals surface area contributed by atoms with Crippen LogP contribution in [0.5, 0.6) is 0 Å². The number of aryl methyl sites for hydroxylation is 1. The SMILES string of the molecule is COCCN(Cc1sccc1C)C(=O)NCCc1nccs1. The first-order valence-electron chi connectivity index (χ1n) is 7.13. The molecule has 120 valence electrons. The van der Waals surface area contributed by atoms with Crippen molar-refractivity contribution in [3.05, 3.63) is 38.5 Å². The summed E-state index contributed by atoms with van der Waals surface area (Å²) in [5.41, 5.74) is 1.23. The van der Waals surface area contributed by atoms with Crippen LogP contribution in [0, 0.1) is 6.92 Å². The molecule has 0 aliphatic carbocycles. The van der Waals surface area contributed by atoms with Gasteiger partial charge < -0.3 is 15.0 Å². The van der Waals surface area contributed by atoms with Gasteiger partial charge in [-0.2, -0.15) is 0 Å². The van der Waals surface area contributed by atoms with Gasteiger partial charge in [0.15, 0.2) is 0 Å². The van der Waals surface area contributed by atoms with E-state index in [2.05, 4.69) is 28.7 Å². The van der Waals surface area contributed by atoms with Crippen LogP contribution in [0.15, 0.2) is 23.0 Å². The van der Waals surface area contributed by atoms with E-state index >= 15 is 0 Å². The first-order chi connectivity index (χ1) is 10.7. The van der Waals surface area contributed by atoms with Crippen molar-refractivity contribution < 1.29 is 9.53 Å². The summed E-state index contributed by atoms with van der Waals surface area (Å²) < 4.78 is 5.11. The molecule has 2 amide bonds. The van der Waals surface area contributed by atoms with Gasteiger partial charge in [0, 0.05) is 43.1 Å². The van der Waals surface area contributed by atoms with Crippen molar-refractivity contribution in [3.63, 3.8) is 0 Å². The molecule has 0 aromatic carbocycles. The lowest BCUT2D eigenvalue weighted by molar-refractivity contribution is 0.147. The quantitative estimate of drug-likeness (QED) is 0.804. The monoisotopic (exact) mass is 339 g/mol. The minimum Gasteiger partial charge on any atom is -0.383 e. The molecule has 5 nitrogen and oxygen atoms in total. The second kappa shape index (κ2) is 8.87. The van der Waals surface area contributed by atoms with Crippen molar-refractivity contribution >= 4 is 28.7 Å². The van der Waals surface area contributed by atoms with Crippen molar-refractivity contribution in [2.24, 2.45) is 0 Å². The molecule has 1 N–H and O–H groups in total. The molecular weight excluding hydrogens is 318 g/mol. The predicted molar refractivity (Wildman–Crippen MR) is 90.6 cm³/mol. The molecular formula is C15H21N3O2S2. The number of urea groups is 1. The summed E-state index contributed by atoms with van der Waals surface area (Å²) in [6.45, 7) is 4.40. The first-order valence-corrected chi connectivity index (χ1v) is 8.89. The Bertz CT molecular complexity index is 569. The van der Waals surface area contributed by atoms with Crippen LogP contribution in [0.1, 0.15) is 15.4 Å². The van der Waals surface area contributed by atoms with Gasteiger partial charge in [0.25, 0.3) is 0 Å². The fourth-order valence-electron chi connectivity index (χ4n) is 1.96. The fraction of sp³-hybridized carbons (Fsp3) is 0.467. The number of nitrogens with zero attached hydrogens (tertiary/aromatic N) is 2. The zero-order chi connectivity index (χ0) is 15.8. The fourth-order valence-corrected chi connectivity index (χ4v) is 3.50. The number of amides is 2. The van der Waals surface area contributed by atoms with Gasteiger partial charge in [-0.1, -0.05) is 0 Å². The van der Waals surface area contributed by atoms with Crippen LogP contribution in [-0.2, 0) is 17.7 Å². The number of methoxy groups -OCH3 is 1. The highest BCUT2D eigenvalue weighted by molar-refractivity contribution is 7.10. The molecule has 0 saturated heterocycles. The maximum absolute atomic E-state index is 12.4. The number of hydrogen-bond acceptors (Lipinski definition) is 5. The molecule has 2 aromatic rings. The van der Waals surface area contributed by atoms with E-state index in [4.69, 9.17) is 4.74 Å². The van der Waals surface area contributed by atoms with E-state index in [0.717, 1.165) is 11.4 Å². The number of thiazole rings is 1. The van der Waals surface area contributed by atoms with Crippen LogP contribution in [0.4, 0.5) is 4.79 Å².